The quantitative estimate of drug-likeness (QED) is 0.201. The average molecular weight is 609 g/mol. The molecule has 0 spiro atoms. The number of rotatable bonds is 12. The second kappa shape index (κ2) is 11.8. The molecular weight excluding hydrogens is 575 g/mol. The molecule has 2 aliphatic heterocycles. The first kappa shape index (κ1) is 29.6. The van der Waals surface area contributed by atoms with Crippen LogP contribution in [-0.2, 0) is 35.3 Å². The van der Waals surface area contributed by atoms with Gasteiger partial charge in [-0.2, -0.15) is 9.97 Å². The molecule has 0 amide bonds. The Balaban J connectivity index is 1.38. The van der Waals surface area contributed by atoms with Gasteiger partial charge in [-0.25, -0.2) is 10.1 Å². The van der Waals surface area contributed by atoms with Crippen molar-refractivity contribution in [3.63, 3.8) is 0 Å². The Bertz CT molecular complexity index is 1440. The summed E-state index contributed by atoms with van der Waals surface area (Å²) in [5.74, 6) is 0.185. The second-order valence-corrected chi connectivity index (χ2v) is 13.1. The molecular formula is C25H33N6O8PS. The molecule has 0 unspecified atom stereocenters. The van der Waals surface area contributed by atoms with Crippen LogP contribution < -0.4 is 20.1 Å². The van der Waals surface area contributed by atoms with Gasteiger partial charge in [0.15, 0.2) is 17.4 Å². The van der Waals surface area contributed by atoms with Crippen LogP contribution in [0, 0.1) is 0 Å². The fourth-order valence-corrected chi connectivity index (χ4v) is 7.04. The molecule has 2 bridgehead atoms. The van der Waals surface area contributed by atoms with Crippen LogP contribution in [-0.4, -0.2) is 80.4 Å². The van der Waals surface area contributed by atoms with Gasteiger partial charge in [0, 0.05) is 0 Å². The molecule has 2 aliphatic rings. The van der Waals surface area contributed by atoms with E-state index in [2.05, 4.69) is 20.0 Å². The maximum atomic E-state index is 12.5. The summed E-state index contributed by atoms with van der Waals surface area (Å²) in [5.41, 5.74) is 5.38. The smallest absolute Gasteiger partial charge is 0.323 e. The van der Waals surface area contributed by atoms with E-state index in [1.165, 1.54) is 6.33 Å². The van der Waals surface area contributed by atoms with Gasteiger partial charge >= 0.3 is 12.6 Å². The summed E-state index contributed by atoms with van der Waals surface area (Å²) in [6.07, 6.45) is -1.46. The maximum absolute atomic E-state index is 12.5. The van der Waals surface area contributed by atoms with Crippen LogP contribution in [0.15, 0.2) is 36.7 Å². The minimum atomic E-state index is -3.39. The number of esters is 1. The van der Waals surface area contributed by atoms with E-state index >= 15 is 0 Å². The molecule has 0 radical (unpaired) electrons. The van der Waals surface area contributed by atoms with E-state index in [-0.39, 0.29) is 31.1 Å². The molecule has 222 valence electrons. The van der Waals surface area contributed by atoms with Crippen molar-refractivity contribution >= 4 is 41.5 Å². The minimum absolute atomic E-state index is 0.000286. The number of nitrogens with one attached hydrogen (secondary N) is 1. The summed E-state index contributed by atoms with van der Waals surface area (Å²) in [5, 5.41) is 14.3. The molecule has 41 heavy (non-hydrogen) atoms. The fourth-order valence-electron chi connectivity index (χ4n) is 4.60. The van der Waals surface area contributed by atoms with E-state index in [0.717, 1.165) is 0 Å². The van der Waals surface area contributed by atoms with Crippen LogP contribution in [0.25, 0.3) is 11.2 Å². The largest absolute Gasteiger partial charge is 0.476 e. The summed E-state index contributed by atoms with van der Waals surface area (Å²) in [4.78, 5) is 25.4. The monoisotopic (exact) mass is 608 g/mol. The predicted octanol–water partition coefficient (Wildman–Crippen LogP) is 2.08. The number of carbonyl (C=O) groups excluding carboxylic acids is 1. The topological polar surface area (TPSA) is 174 Å². The van der Waals surface area contributed by atoms with Crippen LogP contribution >= 0.6 is 6.64 Å². The van der Waals surface area contributed by atoms with Crippen molar-refractivity contribution in [1.29, 1.82) is 0 Å². The number of imidazole rings is 1. The van der Waals surface area contributed by atoms with Gasteiger partial charge in [-0.1, -0.05) is 18.2 Å². The highest BCUT2D eigenvalue weighted by Gasteiger charge is 2.62. The summed E-state index contributed by atoms with van der Waals surface area (Å²) in [6.45, 7) is 3.76. The Hall–Kier alpha value is -2.91. The van der Waals surface area contributed by atoms with E-state index in [9.17, 15) is 9.90 Å². The van der Waals surface area contributed by atoms with Crippen molar-refractivity contribution in [2.24, 2.45) is 0 Å². The van der Waals surface area contributed by atoms with Gasteiger partial charge in [0.05, 0.1) is 32.3 Å². The van der Waals surface area contributed by atoms with Crippen molar-refractivity contribution < 1.29 is 37.9 Å². The number of hydrogen-bond donors (Lipinski definition) is 3. The number of nitrogens with two attached hydrogens (primary N) is 1. The lowest BCUT2D eigenvalue weighted by molar-refractivity contribution is -0.182. The molecule has 14 nitrogen and oxygen atoms in total. The normalized spacial score (nSPS) is 25.8. The van der Waals surface area contributed by atoms with Gasteiger partial charge < -0.3 is 38.8 Å². The lowest BCUT2D eigenvalue weighted by atomic mass is 10.0. The molecule has 16 heteroatoms. The first-order valence-electron chi connectivity index (χ1n) is 13.1. The number of carbonyl (C=O) groups is 1. The first-order chi connectivity index (χ1) is 19.5. The van der Waals surface area contributed by atoms with Crippen LogP contribution in [0.4, 0.5) is 5.95 Å². The summed E-state index contributed by atoms with van der Waals surface area (Å²) >= 11 is 5.81. The summed E-state index contributed by atoms with van der Waals surface area (Å²) in [7, 11) is 0. The summed E-state index contributed by atoms with van der Waals surface area (Å²) < 4.78 is 37.1. The van der Waals surface area contributed by atoms with E-state index in [0.29, 0.717) is 23.5 Å². The van der Waals surface area contributed by atoms with E-state index < -0.39 is 42.7 Å². The van der Waals surface area contributed by atoms with Crippen LogP contribution in [0.1, 0.15) is 33.9 Å². The number of anilines is 1. The SMILES string of the molecule is CCOc1nc(N)nc2c1ncn2[C@@H]1O[C@@]2(CO[P@@](=S)(N[C@H](C)C(=O)OC(C)C)Oc3ccccc3)CO[C@@H]1[C@@H]2O. The Kier molecular flexibility index (Phi) is 8.48. The zero-order valence-electron chi connectivity index (χ0n) is 23.0. The number of aromatic nitrogens is 4. The van der Waals surface area contributed by atoms with Gasteiger partial charge in [-0.3, -0.25) is 9.36 Å². The molecule has 1 aromatic carbocycles. The lowest BCUT2D eigenvalue weighted by Crippen LogP contribution is -2.46. The molecule has 4 heterocycles. The van der Waals surface area contributed by atoms with Gasteiger partial charge in [-0.15, -0.1) is 0 Å². The van der Waals surface area contributed by atoms with E-state index in [1.807, 2.05) is 13.0 Å². The molecule has 5 rings (SSSR count). The molecule has 3 aromatic rings. The zero-order valence-corrected chi connectivity index (χ0v) is 24.7. The van der Waals surface area contributed by atoms with Crippen molar-refractivity contribution in [2.45, 2.75) is 63.9 Å². The van der Waals surface area contributed by atoms with Gasteiger partial charge in [-0.05, 0) is 51.6 Å². The number of para-hydroxylation sites is 1. The second-order valence-electron chi connectivity index (χ2n) is 9.95. The third-order valence-corrected chi connectivity index (χ3v) is 8.95. The zero-order chi connectivity index (χ0) is 29.4. The Morgan fingerprint density at radius 1 is 1.32 bits per heavy atom. The van der Waals surface area contributed by atoms with Gasteiger partial charge in [0.25, 0.3) is 0 Å². The van der Waals surface area contributed by atoms with Gasteiger partial charge in [0.1, 0.15) is 29.6 Å². The predicted molar refractivity (Wildman–Crippen MR) is 151 cm³/mol. The Morgan fingerprint density at radius 3 is 2.78 bits per heavy atom. The third kappa shape index (κ3) is 6.02. The molecule has 2 saturated heterocycles. The first-order valence-corrected chi connectivity index (χ1v) is 15.8. The Labute approximate surface area is 241 Å². The molecule has 6 atom stereocenters. The standard InChI is InChI=1S/C25H33N6O8PS/c1-5-34-21-17-20(28-24(26)29-21)31(13-27-17)22-18-19(32)25(38-22,11-35-18)12-36-40(41,39-16-9-7-6-8-10-16)30-15(4)23(33)37-14(2)3/h6-10,13-15,18-19,22,32H,5,11-12H2,1-4H3,(H,30,41)(H2,26,28,29)/t15-,18-,19+,22-,25-,40+/m1/s1. The van der Waals surface area contributed by atoms with Crippen molar-refractivity contribution in [3.05, 3.63) is 36.7 Å². The van der Waals surface area contributed by atoms with Crippen LogP contribution in [0.5, 0.6) is 11.6 Å². The van der Waals surface area contributed by atoms with Crippen molar-refractivity contribution in [3.8, 4) is 11.6 Å². The molecule has 2 fully saturated rings. The minimum Gasteiger partial charge on any atom is -0.476 e. The van der Waals surface area contributed by atoms with Crippen LogP contribution in [0.3, 0.4) is 0 Å². The van der Waals surface area contributed by atoms with Crippen molar-refractivity contribution in [2.75, 3.05) is 25.6 Å². The molecule has 0 saturated carbocycles. The number of aliphatic hydroxyl groups excluding tert-OH is 1. The highest BCUT2D eigenvalue weighted by molar-refractivity contribution is 8.09. The highest BCUT2D eigenvalue weighted by atomic mass is 32.5. The summed E-state index contributed by atoms with van der Waals surface area (Å²) in [6, 6.07) is 8.03. The molecule has 4 N–H and O–H groups in total. The number of ether oxygens (including phenoxy) is 4. The number of benzene rings is 1. The maximum Gasteiger partial charge on any atom is 0.323 e. The van der Waals surface area contributed by atoms with Crippen LogP contribution in [0.2, 0.25) is 0 Å². The number of hydrogen-bond acceptors (Lipinski definition) is 13. The number of nitrogens with zero attached hydrogens (tertiary/aromatic N) is 4. The number of aliphatic hydroxyl groups is 1. The molecule has 2 aromatic heterocycles. The van der Waals surface area contributed by atoms with E-state index in [1.54, 1.807) is 49.6 Å². The average Bonchev–Trinajstić information content (AvgIpc) is 3.57. The number of fused-ring (bicyclic) bond motifs is 3. The van der Waals surface area contributed by atoms with E-state index in [4.69, 9.17) is 45.5 Å². The Morgan fingerprint density at radius 2 is 2.07 bits per heavy atom. The fraction of sp³-hybridized carbons (Fsp3) is 0.520. The highest BCUT2D eigenvalue weighted by Crippen LogP contribution is 2.51. The third-order valence-electron chi connectivity index (χ3n) is 6.47. The number of nitrogen functional groups attached to an aromatic ring is 1. The van der Waals surface area contributed by atoms with Gasteiger partial charge in [0.2, 0.25) is 11.8 Å². The van der Waals surface area contributed by atoms with Crippen molar-refractivity contribution in [1.82, 2.24) is 24.6 Å². The lowest BCUT2D eigenvalue weighted by Gasteiger charge is -2.33. The molecule has 0 aliphatic carbocycles.